The van der Waals surface area contributed by atoms with E-state index in [4.69, 9.17) is 5.73 Å². The van der Waals surface area contributed by atoms with Crippen molar-refractivity contribution in [3.8, 4) is 0 Å². The number of hydrogen-bond acceptors (Lipinski definition) is 3. The lowest BCUT2D eigenvalue weighted by molar-refractivity contribution is -0.119. The summed E-state index contributed by atoms with van der Waals surface area (Å²) in [6.45, 7) is 6.43. The van der Waals surface area contributed by atoms with Gasteiger partial charge in [0, 0.05) is 18.0 Å². The fraction of sp³-hybridized carbons (Fsp3) is 0.261. The number of carbonyl (C=O) groups is 2. The third kappa shape index (κ3) is 4.55. The molecule has 0 aliphatic heterocycles. The predicted octanol–water partition coefficient (Wildman–Crippen LogP) is 3.36. The van der Waals surface area contributed by atoms with Crippen molar-refractivity contribution in [3.05, 3.63) is 77.5 Å². The highest BCUT2D eigenvalue weighted by Crippen LogP contribution is 2.22. The van der Waals surface area contributed by atoms with E-state index < -0.39 is 11.9 Å². The Kier molecular flexibility index (Phi) is 5.45. The summed E-state index contributed by atoms with van der Waals surface area (Å²) in [5.41, 5.74) is 8.94. The maximum Gasteiger partial charge on any atom is 0.253 e. The number of fused-ring (bicyclic) bond motifs is 1. The van der Waals surface area contributed by atoms with Crippen molar-refractivity contribution < 1.29 is 9.59 Å². The summed E-state index contributed by atoms with van der Waals surface area (Å²) in [5.74, 6) is -0.935. The SMILES string of the molecule is CC(C)(C)c1ccc(C[C@H](NC(=O)c2cnc3ccccc3c2)C(N)=O)cc1. The molecule has 0 radical (unpaired) electrons. The van der Waals surface area contributed by atoms with Crippen LogP contribution in [-0.4, -0.2) is 22.8 Å². The van der Waals surface area contributed by atoms with Gasteiger partial charge in [0.1, 0.15) is 6.04 Å². The largest absolute Gasteiger partial charge is 0.368 e. The number of nitrogens with one attached hydrogen (secondary N) is 1. The normalized spacial score (nSPS) is 12.5. The number of benzene rings is 2. The van der Waals surface area contributed by atoms with Gasteiger partial charge in [0.25, 0.3) is 5.91 Å². The molecule has 5 heteroatoms. The van der Waals surface area contributed by atoms with Crippen molar-refractivity contribution >= 4 is 22.7 Å². The predicted molar refractivity (Wildman–Crippen MR) is 111 cm³/mol. The molecule has 5 nitrogen and oxygen atoms in total. The number of nitrogens with zero attached hydrogens (tertiary/aromatic N) is 1. The van der Waals surface area contributed by atoms with E-state index >= 15 is 0 Å². The molecule has 144 valence electrons. The standard InChI is InChI=1S/C23H25N3O2/c1-23(2,3)18-10-8-15(9-11-18)12-20(21(24)27)26-22(28)17-13-16-6-4-5-7-19(16)25-14-17/h4-11,13-14,20H,12H2,1-3H3,(H2,24,27)(H,26,28)/t20-/m0/s1. The molecule has 0 spiro atoms. The molecule has 0 aliphatic carbocycles. The number of pyridine rings is 1. The first-order valence-electron chi connectivity index (χ1n) is 9.28. The number of amides is 2. The molecule has 1 aromatic heterocycles. The molecule has 0 bridgehead atoms. The number of rotatable bonds is 5. The summed E-state index contributed by atoms with van der Waals surface area (Å²) in [6, 6.07) is 16.5. The van der Waals surface area contributed by atoms with E-state index in [9.17, 15) is 9.59 Å². The van der Waals surface area contributed by atoms with Gasteiger partial charge in [-0.05, 0) is 28.7 Å². The van der Waals surface area contributed by atoms with Crippen LogP contribution in [0.5, 0.6) is 0 Å². The van der Waals surface area contributed by atoms with Crippen LogP contribution in [-0.2, 0) is 16.6 Å². The molecular formula is C23H25N3O2. The van der Waals surface area contributed by atoms with Gasteiger partial charge in [-0.2, -0.15) is 0 Å². The van der Waals surface area contributed by atoms with Gasteiger partial charge in [-0.15, -0.1) is 0 Å². The van der Waals surface area contributed by atoms with Gasteiger partial charge in [-0.25, -0.2) is 0 Å². The first kappa shape index (κ1) is 19.5. The van der Waals surface area contributed by atoms with Gasteiger partial charge in [0.2, 0.25) is 5.91 Å². The maximum atomic E-state index is 12.6. The molecule has 0 saturated heterocycles. The van der Waals surface area contributed by atoms with Crippen LogP contribution in [0.15, 0.2) is 60.8 Å². The number of para-hydroxylation sites is 1. The fourth-order valence-electron chi connectivity index (χ4n) is 3.04. The molecule has 2 aromatic carbocycles. The Balaban J connectivity index is 1.75. The van der Waals surface area contributed by atoms with Gasteiger partial charge in [0.15, 0.2) is 0 Å². The lowest BCUT2D eigenvalue weighted by Crippen LogP contribution is -2.45. The quantitative estimate of drug-likeness (QED) is 0.717. The van der Waals surface area contributed by atoms with Crippen LogP contribution in [0, 0.1) is 0 Å². The van der Waals surface area contributed by atoms with E-state index in [0.29, 0.717) is 12.0 Å². The van der Waals surface area contributed by atoms with Crippen molar-refractivity contribution in [2.24, 2.45) is 5.73 Å². The lowest BCUT2D eigenvalue weighted by atomic mass is 9.86. The van der Waals surface area contributed by atoms with E-state index in [1.165, 1.54) is 11.8 Å². The molecule has 0 unspecified atom stereocenters. The molecule has 0 aliphatic rings. The van der Waals surface area contributed by atoms with Gasteiger partial charge < -0.3 is 11.1 Å². The van der Waals surface area contributed by atoms with Crippen molar-refractivity contribution in [3.63, 3.8) is 0 Å². The van der Waals surface area contributed by atoms with Gasteiger partial charge in [-0.1, -0.05) is 63.2 Å². The van der Waals surface area contributed by atoms with Crippen LogP contribution >= 0.6 is 0 Å². The summed E-state index contributed by atoms with van der Waals surface area (Å²) < 4.78 is 0. The number of aromatic nitrogens is 1. The zero-order valence-electron chi connectivity index (χ0n) is 16.4. The minimum absolute atomic E-state index is 0.0545. The molecule has 0 saturated carbocycles. The Morgan fingerprint density at radius 1 is 1.07 bits per heavy atom. The Morgan fingerprint density at radius 3 is 2.39 bits per heavy atom. The Morgan fingerprint density at radius 2 is 1.75 bits per heavy atom. The smallest absolute Gasteiger partial charge is 0.253 e. The molecule has 0 fully saturated rings. The average Bonchev–Trinajstić information content (AvgIpc) is 2.66. The third-order valence-electron chi connectivity index (χ3n) is 4.76. The van der Waals surface area contributed by atoms with Crippen LogP contribution in [0.25, 0.3) is 10.9 Å². The van der Waals surface area contributed by atoms with E-state index in [1.807, 2.05) is 48.5 Å². The van der Waals surface area contributed by atoms with Crippen LogP contribution < -0.4 is 11.1 Å². The lowest BCUT2D eigenvalue weighted by Gasteiger charge is -2.20. The number of hydrogen-bond donors (Lipinski definition) is 2. The average molecular weight is 375 g/mol. The molecule has 3 rings (SSSR count). The number of nitrogens with two attached hydrogens (primary N) is 1. The molecule has 3 aromatic rings. The highest BCUT2D eigenvalue weighted by Gasteiger charge is 2.20. The maximum absolute atomic E-state index is 12.6. The van der Waals surface area contributed by atoms with Crippen LogP contribution in [0.3, 0.4) is 0 Å². The number of primary amides is 1. The zero-order chi connectivity index (χ0) is 20.3. The van der Waals surface area contributed by atoms with Crippen LogP contribution in [0.1, 0.15) is 42.3 Å². The van der Waals surface area contributed by atoms with Crippen LogP contribution in [0.4, 0.5) is 0 Å². The minimum Gasteiger partial charge on any atom is -0.368 e. The molecule has 3 N–H and O–H groups in total. The van der Waals surface area contributed by atoms with Gasteiger partial charge in [-0.3, -0.25) is 14.6 Å². The Bertz CT molecular complexity index is 1000. The molecular weight excluding hydrogens is 350 g/mol. The first-order chi connectivity index (χ1) is 13.2. The van der Waals surface area contributed by atoms with Crippen molar-refractivity contribution in [1.29, 1.82) is 0 Å². The highest BCUT2D eigenvalue weighted by atomic mass is 16.2. The first-order valence-corrected chi connectivity index (χ1v) is 9.28. The van der Waals surface area contributed by atoms with Crippen molar-refractivity contribution in [2.75, 3.05) is 0 Å². The van der Waals surface area contributed by atoms with E-state index in [2.05, 4.69) is 31.1 Å². The second-order valence-corrected chi connectivity index (χ2v) is 8.00. The van der Waals surface area contributed by atoms with Gasteiger partial charge >= 0.3 is 0 Å². The molecule has 2 amide bonds. The van der Waals surface area contributed by atoms with Gasteiger partial charge in [0.05, 0.1) is 11.1 Å². The summed E-state index contributed by atoms with van der Waals surface area (Å²) >= 11 is 0. The van der Waals surface area contributed by atoms with Crippen molar-refractivity contribution in [1.82, 2.24) is 10.3 Å². The summed E-state index contributed by atoms with van der Waals surface area (Å²) in [7, 11) is 0. The summed E-state index contributed by atoms with van der Waals surface area (Å²) in [5, 5.41) is 3.60. The topological polar surface area (TPSA) is 85.1 Å². The fourth-order valence-corrected chi connectivity index (χ4v) is 3.04. The number of carbonyl (C=O) groups excluding carboxylic acids is 2. The monoisotopic (exact) mass is 375 g/mol. The molecule has 1 heterocycles. The molecule has 1 atom stereocenters. The zero-order valence-corrected chi connectivity index (χ0v) is 16.4. The van der Waals surface area contributed by atoms with E-state index in [1.54, 1.807) is 6.07 Å². The minimum atomic E-state index is -0.792. The molecule has 28 heavy (non-hydrogen) atoms. The second kappa shape index (κ2) is 7.80. The Hall–Kier alpha value is -3.21. The third-order valence-corrected chi connectivity index (χ3v) is 4.76. The second-order valence-electron chi connectivity index (χ2n) is 8.00. The highest BCUT2D eigenvalue weighted by molar-refractivity contribution is 5.99. The Labute approximate surface area is 165 Å². The summed E-state index contributed by atoms with van der Waals surface area (Å²) in [4.78, 5) is 28.8. The summed E-state index contributed by atoms with van der Waals surface area (Å²) in [6.07, 6.45) is 1.85. The van der Waals surface area contributed by atoms with Crippen molar-refractivity contribution in [2.45, 2.75) is 38.6 Å². The van der Waals surface area contributed by atoms with E-state index in [-0.39, 0.29) is 11.3 Å². The van der Waals surface area contributed by atoms with E-state index in [0.717, 1.165) is 16.5 Å². The van der Waals surface area contributed by atoms with Crippen LogP contribution in [0.2, 0.25) is 0 Å².